The highest BCUT2D eigenvalue weighted by Crippen LogP contribution is 2.32. The first kappa shape index (κ1) is 19.4. The van der Waals surface area contributed by atoms with E-state index < -0.39 is 4.92 Å². The Kier molecular flexibility index (Phi) is 5.25. The van der Waals surface area contributed by atoms with Crippen molar-refractivity contribution >= 4 is 40.6 Å². The molecule has 0 spiro atoms. The molecule has 1 amide bonds. The van der Waals surface area contributed by atoms with Crippen LogP contribution in [0.2, 0.25) is 5.02 Å². The zero-order valence-corrected chi connectivity index (χ0v) is 17.0. The molecule has 2 aromatic carbocycles. The SMILES string of the molecule is Cn1c(SCC(=O)N2CCc3cc([N+](=O)[O-])ccc32)nnc1-c1ccccc1Cl. The highest BCUT2D eigenvalue weighted by atomic mass is 35.5. The quantitative estimate of drug-likeness (QED) is 0.348. The van der Waals surface area contributed by atoms with Crippen LogP contribution in [-0.2, 0) is 18.3 Å². The lowest BCUT2D eigenvalue weighted by Gasteiger charge is -2.16. The van der Waals surface area contributed by atoms with Crippen molar-refractivity contribution in [3.63, 3.8) is 0 Å². The number of hydrogen-bond donors (Lipinski definition) is 0. The van der Waals surface area contributed by atoms with Crippen LogP contribution in [0.15, 0.2) is 47.6 Å². The van der Waals surface area contributed by atoms with Crippen molar-refractivity contribution in [2.45, 2.75) is 11.6 Å². The number of benzene rings is 2. The van der Waals surface area contributed by atoms with Gasteiger partial charge in [0, 0.05) is 37.0 Å². The number of carbonyl (C=O) groups excluding carboxylic acids is 1. The molecule has 0 N–H and O–H groups in total. The second kappa shape index (κ2) is 7.84. The molecule has 2 heterocycles. The fraction of sp³-hybridized carbons (Fsp3) is 0.211. The van der Waals surface area contributed by atoms with Crippen LogP contribution in [0.1, 0.15) is 5.56 Å². The average Bonchev–Trinajstić information content (AvgIpc) is 3.29. The summed E-state index contributed by atoms with van der Waals surface area (Å²) in [7, 11) is 1.83. The Morgan fingerprint density at radius 3 is 2.83 bits per heavy atom. The number of fused-ring (bicyclic) bond motifs is 1. The molecule has 0 unspecified atom stereocenters. The third kappa shape index (κ3) is 3.70. The number of non-ortho nitro benzene ring substituents is 1. The van der Waals surface area contributed by atoms with Gasteiger partial charge in [0.2, 0.25) is 5.91 Å². The second-order valence-corrected chi connectivity index (χ2v) is 7.85. The van der Waals surface area contributed by atoms with E-state index in [4.69, 9.17) is 11.6 Å². The molecule has 8 nitrogen and oxygen atoms in total. The number of nitro groups is 1. The number of nitrogens with zero attached hydrogens (tertiary/aromatic N) is 5. The molecule has 0 fully saturated rings. The smallest absolute Gasteiger partial charge is 0.269 e. The van der Waals surface area contributed by atoms with E-state index in [1.54, 1.807) is 21.6 Å². The fourth-order valence-electron chi connectivity index (χ4n) is 3.28. The minimum Gasteiger partial charge on any atom is -0.311 e. The number of carbonyl (C=O) groups is 1. The molecular formula is C19H16ClN5O3S. The van der Waals surface area contributed by atoms with Crippen LogP contribution in [0.3, 0.4) is 0 Å². The summed E-state index contributed by atoms with van der Waals surface area (Å²) in [6.07, 6.45) is 0.605. The Morgan fingerprint density at radius 1 is 1.28 bits per heavy atom. The topological polar surface area (TPSA) is 94.2 Å². The Hall–Kier alpha value is -2.91. The molecule has 29 heavy (non-hydrogen) atoms. The molecule has 4 rings (SSSR count). The van der Waals surface area contributed by atoms with E-state index >= 15 is 0 Å². The number of rotatable bonds is 5. The van der Waals surface area contributed by atoms with Crippen molar-refractivity contribution in [1.82, 2.24) is 14.8 Å². The molecule has 0 saturated carbocycles. The molecular weight excluding hydrogens is 414 g/mol. The third-order valence-electron chi connectivity index (χ3n) is 4.74. The molecule has 0 atom stereocenters. The van der Waals surface area contributed by atoms with Gasteiger partial charge in [0.25, 0.3) is 5.69 Å². The molecule has 1 aliphatic rings. The first-order valence-corrected chi connectivity index (χ1v) is 10.2. The maximum Gasteiger partial charge on any atom is 0.269 e. The molecule has 0 bridgehead atoms. The number of halogens is 1. The lowest BCUT2D eigenvalue weighted by atomic mass is 10.1. The van der Waals surface area contributed by atoms with Crippen molar-refractivity contribution in [2.75, 3.05) is 17.2 Å². The summed E-state index contributed by atoms with van der Waals surface area (Å²) in [5.41, 5.74) is 2.36. The highest BCUT2D eigenvalue weighted by molar-refractivity contribution is 7.99. The van der Waals surface area contributed by atoms with E-state index in [-0.39, 0.29) is 17.3 Å². The maximum atomic E-state index is 12.7. The van der Waals surface area contributed by atoms with E-state index in [0.717, 1.165) is 16.8 Å². The first-order valence-electron chi connectivity index (χ1n) is 8.80. The monoisotopic (exact) mass is 429 g/mol. The first-order chi connectivity index (χ1) is 14.0. The molecule has 10 heteroatoms. The molecule has 1 aliphatic heterocycles. The normalized spacial score (nSPS) is 12.8. The van der Waals surface area contributed by atoms with E-state index in [2.05, 4.69) is 10.2 Å². The minimum absolute atomic E-state index is 0.0404. The summed E-state index contributed by atoms with van der Waals surface area (Å²) in [5.74, 6) is 0.736. The average molecular weight is 430 g/mol. The van der Waals surface area contributed by atoms with Crippen LogP contribution >= 0.6 is 23.4 Å². The number of hydrogen-bond acceptors (Lipinski definition) is 6. The minimum atomic E-state index is -0.425. The van der Waals surface area contributed by atoms with E-state index in [9.17, 15) is 14.9 Å². The van der Waals surface area contributed by atoms with Gasteiger partial charge in [-0.15, -0.1) is 10.2 Å². The highest BCUT2D eigenvalue weighted by Gasteiger charge is 2.27. The Labute approximate surface area is 175 Å². The van der Waals surface area contributed by atoms with Gasteiger partial charge < -0.3 is 9.47 Å². The van der Waals surface area contributed by atoms with Gasteiger partial charge in [0.15, 0.2) is 11.0 Å². The van der Waals surface area contributed by atoms with Gasteiger partial charge in [-0.3, -0.25) is 14.9 Å². The molecule has 148 valence electrons. The lowest BCUT2D eigenvalue weighted by Crippen LogP contribution is -2.30. The van der Waals surface area contributed by atoms with Crippen LogP contribution in [0.4, 0.5) is 11.4 Å². The van der Waals surface area contributed by atoms with Crippen LogP contribution in [0.5, 0.6) is 0 Å². The van der Waals surface area contributed by atoms with Crippen LogP contribution < -0.4 is 4.90 Å². The van der Waals surface area contributed by atoms with Gasteiger partial charge in [-0.1, -0.05) is 35.5 Å². The number of amides is 1. The van der Waals surface area contributed by atoms with Gasteiger partial charge in [0.1, 0.15) is 0 Å². The predicted molar refractivity (Wildman–Crippen MR) is 111 cm³/mol. The standard InChI is InChI=1S/C19H16ClN5O3S/c1-23-18(14-4-2-3-5-15(14)20)21-22-19(23)29-11-17(26)24-9-8-12-10-13(25(27)28)6-7-16(12)24/h2-7,10H,8-9,11H2,1H3. The second-order valence-electron chi connectivity index (χ2n) is 6.50. The van der Waals surface area contributed by atoms with E-state index in [0.29, 0.717) is 29.0 Å². The molecule has 0 saturated heterocycles. The third-order valence-corrected chi connectivity index (χ3v) is 6.08. The summed E-state index contributed by atoms with van der Waals surface area (Å²) in [6.45, 7) is 0.513. The van der Waals surface area contributed by atoms with Crippen molar-refractivity contribution in [2.24, 2.45) is 7.05 Å². The largest absolute Gasteiger partial charge is 0.311 e. The van der Waals surface area contributed by atoms with Crippen molar-refractivity contribution in [1.29, 1.82) is 0 Å². The number of thioether (sulfide) groups is 1. The Bertz CT molecular complexity index is 1120. The number of anilines is 1. The number of aromatic nitrogens is 3. The Balaban J connectivity index is 1.47. The lowest BCUT2D eigenvalue weighted by molar-refractivity contribution is -0.384. The zero-order valence-electron chi connectivity index (χ0n) is 15.4. The van der Waals surface area contributed by atoms with E-state index in [1.807, 2.05) is 25.2 Å². The van der Waals surface area contributed by atoms with Crippen molar-refractivity contribution in [3.05, 3.63) is 63.2 Å². The van der Waals surface area contributed by atoms with Gasteiger partial charge in [0.05, 0.1) is 15.7 Å². The molecule has 3 aromatic rings. The Morgan fingerprint density at radius 2 is 2.07 bits per heavy atom. The van der Waals surface area contributed by atoms with Crippen molar-refractivity contribution < 1.29 is 9.72 Å². The van der Waals surface area contributed by atoms with Gasteiger partial charge >= 0.3 is 0 Å². The predicted octanol–water partition coefficient (Wildman–Crippen LogP) is 3.73. The van der Waals surface area contributed by atoms with Gasteiger partial charge in [-0.05, 0) is 30.2 Å². The van der Waals surface area contributed by atoms with Gasteiger partial charge in [-0.25, -0.2) is 0 Å². The molecule has 0 aliphatic carbocycles. The van der Waals surface area contributed by atoms with Crippen molar-refractivity contribution in [3.8, 4) is 11.4 Å². The van der Waals surface area contributed by atoms with Crippen LogP contribution in [-0.4, -0.2) is 37.9 Å². The summed E-state index contributed by atoms with van der Waals surface area (Å²) >= 11 is 7.53. The maximum absolute atomic E-state index is 12.7. The van der Waals surface area contributed by atoms with Crippen LogP contribution in [0, 0.1) is 10.1 Å². The molecule has 1 aromatic heterocycles. The van der Waals surface area contributed by atoms with Crippen LogP contribution in [0.25, 0.3) is 11.4 Å². The van der Waals surface area contributed by atoms with E-state index in [1.165, 1.54) is 23.9 Å². The number of nitro benzene ring substituents is 1. The summed E-state index contributed by atoms with van der Waals surface area (Å²) in [5, 5.41) is 20.5. The fourth-order valence-corrected chi connectivity index (χ4v) is 4.29. The van der Waals surface area contributed by atoms with Gasteiger partial charge in [-0.2, -0.15) is 0 Å². The zero-order chi connectivity index (χ0) is 20.5. The molecule has 0 radical (unpaired) electrons. The summed E-state index contributed by atoms with van der Waals surface area (Å²) in [6, 6.07) is 12.0. The summed E-state index contributed by atoms with van der Waals surface area (Å²) < 4.78 is 1.81. The summed E-state index contributed by atoms with van der Waals surface area (Å²) in [4.78, 5) is 24.9.